The molecule has 0 aliphatic carbocycles. The fourth-order valence-electron chi connectivity index (χ4n) is 3.89. The molecule has 1 aliphatic heterocycles. The monoisotopic (exact) mass is 415 g/mol. The number of pyridine rings is 1. The van der Waals surface area contributed by atoms with Gasteiger partial charge in [-0.25, -0.2) is 4.98 Å². The summed E-state index contributed by atoms with van der Waals surface area (Å²) in [5, 5.41) is 3.65. The molecule has 1 amide bonds. The lowest BCUT2D eigenvalue weighted by molar-refractivity contribution is 0.1000. The van der Waals surface area contributed by atoms with Crippen LogP contribution in [-0.2, 0) is 19.5 Å². The number of thiophene rings is 1. The molecule has 3 heterocycles. The molecule has 0 spiro atoms. The van der Waals surface area contributed by atoms with Gasteiger partial charge in [-0.2, -0.15) is 0 Å². The summed E-state index contributed by atoms with van der Waals surface area (Å²) >= 11 is 1.82. The Labute approximate surface area is 178 Å². The summed E-state index contributed by atoms with van der Waals surface area (Å²) in [6.45, 7) is 2.93. The van der Waals surface area contributed by atoms with E-state index in [1.807, 2.05) is 17.4 Å². The molecule has 0 saturated carbocycles. The van der Waals surface area contributed by atoms with Crippen LogP contribution in [0.5, 0.6) is 11.6 Å². The Balaban J connectivity index is 1.28. The largest absolute Gasteiger partial charge is 0.439 e. The topological polar surface area (TPSA) is 68.5 Å². The highest BCUT2D eigenvalue weighted by Gasteiger charge is 2.18. The minimum absolute atomic E-state index is 0.367. The molecule has 4 aromatic rings. The first kappa shape index (κ1) is 18.8. The molecule has 2 aromatic carbocycles. The smallest absolute Gasteiger partial charge is 0.250 e. The minimum atomic E-state index is -0.497. The van der Waals surface area contributed by atoms with Crippen LogP contribution in [0, 0.1) is 0 Å². The normalized spacial score (nSPS) is 13.9. The SMILES string of the molecule is NC(=O)c1ccc(Oc2ccc3c(c2)CCN(Cc2csc4ccccc24)C3)nc1. The van der Waals surface area contributed by atoms with Crippen LogP contribution in [0.4, 0.5) is 0 Å². The number of carbonyl (C=O) groups is 1. The fraction of sp³-hybridized carbons (Fsp3) is 0.167. The second-order valence-corrected chi connectivity index (χ2v) is 8.41. The minimum Gasteiger partial charge on any atom is -0.439 e. The van der Waals surface area contributed by atoms with Crippen molar-refractivity contribution in [2.75, 3.05) is 6.54 Å². The number of primary amides is 1. The van der Waals surface area contributed by atoms with Gasteiger partial charge in [0.05, 0.1) is 5.56 Å². The van der Waals surface area contributed by atoms with E-state index in [0.717, 1.165) is 31.8 Å². The first-order chi connectivity index (χ1) is 14.7. The highest BCUT2D eigenvalue weighted by molar-refractivity contribution is 7.17. The van der Waals surface area contributed by atoms with Crippen LogP contribution >= 0.6 is 11.3 Å². The van der Waals surface area contributed by atoms with Crippen molar-refractivity contribution in [1.82, 2.24) is 9.88 Å². The predicted molar refractivity (Wildman–Crippen MR) is 119 cm³/mol. The third-order valence-electron chi connectivity index (χ3n) is 5.47. The average molecular weight is 416 g/mol. The number of aromatic nitrogens is 1. The van der Waals surface area contributed by atoms with Crippen molar-refractivity contribution in [3.05, 3.63) is 88.4 Å². The lowest BCUT2D eigenvalue weighted by atomic mass is 9.99. The quantitative estimate of drug-likeness (QED) is 0.511. The Morgan fingerprint density at radius 2 is 2.03 bits per heavy atom. The number of rotatable bonds is 5. The fourth-order valence-corrected chi connectivity index (χ4v) is 4.84. The van der Waals surface area contributed by atoms with Crippen molar-refractivity contribution in [2.45, 2.75) is 19.5 Å². The van der Waals surface area contributed by atoms with E-state index in [4.69, 9.17) is 10.5 Å². The number of fused-ring (bicyclic) bond motifs is 2. The predicted octanol–water partition coefficient (Wildman–Crippen LogP) is 4.75. The van der Waals surface area contributed by atoms with Gasteiger partial charge in [0.25, 0.3) is 0 Å². The zero-order valence-corrected chi connectivity index (χ0v) is 17.2. The van der Waals surface area contributed by atoms with Gasteiger partial charge in [-0.3, -0.25) is 9.69 Å². The number of nitrogens with two attached hydrogens (primary N) is 1. The Bertz CT molecular complexity index is 1220. The molecule has 6 heteroatoms. The molecule has 0 radical (unpaired) electrons. The van der Waals surface area contributed by atoms with Crippen LogP contribution in [0.15, 0.2) is 66.2 Å². The van der Waals surface area contributed by atoms with Crippen molar-refractivity contribution < 1.29 is 9.53 Å². The van der Waals surface area contributed by atoms with Crippen molar-refractivity contribution in [2.24, 2.45) is 5.73 Å². The Morgan fingerprint density at radius 1 is 1.13 bits per heavy atom. The van der Waals surface area contributed by atoms with Gasteiger partial charge in [0.2, 0.25) is 11.8 Å². The molecule has 30 heavy (non-hydrogen) atoms. The standard InChI is InChI=1S/C24H21N3O2S/c25-24(28)17-6-8-23(26-12-17)29-20-7-5-18-13-27(10-9-16(18)11-20)14-19-15-30-22-4-2-1-3-21(19)22/h1-8,11-12,15H,9-10,13-14H2,(H2,25,28). The van der Waals surface area contributed by atoms with E-state index in [9.17, 15) is 4.79 Å². The molecule has 0 fully saturated rings. The highest BCUT2D eigenvalue weighted by atomic mass is 32.1. The van der Waals surface area contributed by atoms with Gasteiger partial charge >= 0.3 is 0 Å². The molecule has 5 nitrogen and oxygen atoms in total. The third kappa shape index (κ3) is 3.79. The van der Waals surface area contributed by atoms with Gasteiger partial charge in [-0.15, -0.1) is 11.3 Å². The van der Waals surface area contributed by atoms with Crippen molar-refractivity contribution in [3.8, 4) is 11.6 Å². The average Bonchev–Trinajstić information content (AvgIpc) is 3.17. The third-order valence-corrected chi connectivity index (χ3v) is 6.48. The van der Waals surface area contributed by atoms with E-state index in [2.05, 4.69) is 51.7 Å². The van der Waals surface area contributed by atoms with E-state index < -0.39 is 5.91 Å². The second-order valence-electron chi connectivity index (χ2n) is 7.50. The lowest BCUT2D eigenvalue weighted by Crippen LogP contribution is -2.29. The van der Waals surface area contributed by atoms with Crippen LogP contribution in [-0.4, -0.2) is 22.3 Å². The maximum atomic E-state index is 11.2. The molecule has 5 rings (SSSR count). The first-order valence-electron chi connectivity index (χ1n) is 9.89. The van der Waals surface area contributed by atoms with Crippen LogP contribution in [0.1, 0.15) is 27.0 Å². The molecule has 0 unspecified atom stereocenters. The van der Waals surface area contributed by atoms with Gasteiger partial charge < -0.3 is 10.5 Å². The van der Waals surface area contributed by atoms with Crippen molar-refractivity contribution in [1.29, 1.82) is 0 Å². The van der Waals surface area contributed by atoms with Crippen LogP contribution in [0.25, 0.3) is 10.1 Å². The number of benzene rings is 2. The molecule has 2 aromatic heterocycles. The number of carbonyl (C=O) groups excluding carboxylic acids is 1. The van der Waals surface area contributed by atoms with Crippen molar-refractivity contribution >= 4 is 27.3 Å². The summed E-state index contributed by atoms with van der Waals surface area (Å²) in [6.07, 6.45) is 2.42. The first-order valence-corrected chi connectivity index (χ1v) is 10.8. The summed E-state index contributed by atoms with van der Waals surface area (Å²) < 4.78 is 7.22. The van der Waals surface area contributed by atoms with E-state index in [1.165, 1.54) is 33.0 Å². The van der Waals surface area contributed by atoms with Crippen LogP contribution in [0.2, 0.25) is 0 Å². The highest BCUT2D eigenvalue weighted by Crippen LogP contribution is 2.30. The number of nitrogens with zero attached hydrogens (tertiary/aromatic N) is 2. The van der Waals surface area contributed by atoms with Crippen LogP contribution < -0.4 is 10.5 Å². The molecular formula is C24H21N3O2S. The molecule has 2 N–H and O–H groups in total. The zero-order chi connectivity index (χ0) is 20.5. The number of hydrogen-bond acceptors (Lipinski definition) is 5. The van der Waals surface area contributed by atoms with E-state index in [1.54, 1.807) is 12.1 Å². The van der Waals surface area contributed by atoms with Crippen LogP contribution in [0.3, 0.4) is 0 Å². The summed E-state index contributed by atoms with van der Waals surface area (Å²) in [5.41, 5.74) is 9.68. The number of amides is 1. The number of hydrogen-bond donors (Lipinski definition) is 1. The molecule has 0 saturated heterocycles. The molecule has 1 aliphatic rings. The summed E-state index contributed by atoms with van der Waals surface area (Å²) in [5.74, 6) is 0.704. The molecule has 0 atom stereocenters. The van der Waals surface area contributed by atoms with Gasteiger partial charge in [0.1, 0.15) is 5.75 Å². The van der Waals surface area contributed by atoms with Gasteiger partial charge in [-0.05, 0) is 58.1 Å². The Hall–Kier alpha value is -3.22. The van der Waals surface area contributed by atoms with Gasteiger partial charge in [-0.1, -0.05) is 24.3 Å². The zero-order valence-electron chi connectivity index (χ0n) is 16.4. The van der Waals surface area contributed by atoms with Gasteiger partial charge in [0.15, 0.2) is 0 Å². The van der Waals surface area contributed by atoms with Crippen molar-refractivity contribution in [3.63, 3.8) is 0 Å². The lowest BCUT2D eigenvalue weighted by Gasteiger charge is -2.29. The summed E-state index contributed by atoms with van der Waals surface area (Å²) in [7, 11) is 0. The van der Waals surface area contributed by atoms with E-state index in [-0.39, 0.29) is 0 Å². The molecule has 0 bridgehead atoms. The Morgan fingerprint density at radius 3 is 2.87 bits per heavy atom. The van der Waals surface area contributed by atoms with E-state index in [0.29, 0.717) is 11.4 Å². The Kier molecular flexibility index (Phi) is 4.94. The maximum Gasteiger partial charge on any atom is 0.250 e. The number of ether oxygens (including phenoxy) is 1. The van der Waals surface area contributed by atoms with Gasteiger partial charge in [0, 0.05) is 36.6 Å². The summed E-state index contributed by atoms with van der Waals surface area (Å²) in [6, 6.07) is 18.1. The summed E-state index contributed by atoms with van der Waals surface area (Å²) in [4.78, 5) is 17.8. The van der Waals surface area contributed by atoms with E-state index >= 15 is 0 Å². The maximum absolute atomic E-state index is 11.2. The molecule has 150 valence electrons. The molecular weight excluding hydrogens is 394 g/mol. The second kappa shape index (κ2) is 7.89.